The molecule has 1 unspecified atom stereocenters. The number of carbonyl (C=O) groups excluding carboxylic acids is 1. The standard InChI is InChI=1S/C18H20FN3O4S/c1-26-17-6-5-14(10-15(17)18(20)23)27(24,25)22-8-7-21-11-16(22)12-3-2-4-13(19)9-12/h2-6,9-10,16,21H,7-8,11H2,1H3,(H2,20,23). The van der Waals surface area contributed by atoms with Gasteiger partial charge in [-0.3, -0.25) is 4.79 Å². The van der Waals surface area contributed by atoms with E-state index >= 15 is 0 Å². The van der Waals surface area contributed by atoms with E-state index < -0.39 is 27.8 Å². The van der Waals surface area contributed by atoms with Gasteiger partial charge >= 0.3 is 0 Å². The minimum Gasteiger partial charge on any atom is -0.496 e. The number of nitrogens with zero attached hydrogens (tertiary/aromatic N) is 1. The van der Waals surface area contributed by atoms with Crippen LogP contribution in [0.2, 0.25) is 0 Å². The van der Waals surface area contributed by atoms with E-state index in [4.69, 9.17) is 10.5 Å². The number of primary amides is 1. The van der Waals surface area contributed by atoms with Gasteiger partial charge in [-0.2, -0.15) is 4.31 Å². The van der Waals surface area contributed by atoms with Crippen LogP contribution < -0.4 is 15.8 Å². The van der Waals surface area contributed by atoms with Crippen molar-refractivity contribution < 1.29 is 22.3 Å². The summed E-state index contributed by atoms with van der Waals surface area (Å²) in [7, 11) is -2.58. The lowest BCUT2D eigenvalue weighted by Crippen LogP contribution is -2.48. The highest BCUT2D eigenvalue weighted by Crippen LogP contribution is 2.31. The van der Waals surface area contributed by atoms with E-state index in [-0.39, 0.29) is 22.8 Å². The molecule has 2 aromatic carbocycles. The first kappa shape index (κ1) is 19.3. The number of halogens is 1. The summed E-state index contributed by atoms with van der Waals surface area (Å²) in [4.78, 5) is 11.6. The smallest absolute Gasteiger partial charge is 0.252 e. The minimum absolute atomic E-state index is 0.0176. The lowest BCUT2D eigenvalue weighted by molar-refractivity contribution is 0.0997. The van der Waals surface area contributed by atoms with Crippen molar-refractivity contribution in [3.8, 4) is 5.75 Å². The second kappa shape index (κ2) is 7.63. The van der Waals surface area contributed by atoms with Gasteiger partial charge in [-0.15, -0.1) is 0 Å². The third kappa shape index (κ3) is 3.80. The molecule has 1 aliphatic rings. The van der Waals surface area contributed by atoms with Crippen molar-refractivity contribution in [1.82, 2.24) is 9.62 Å². The summed E-state index contributed by atoms with van der Waals surface area (Å²) in [6.07, 6.45) is 0. The predicted octanol–water partition coefficient (Wildman–Crippen LogP) is 1.27. The zero-order chi connectivity index (χ0) is 19.6. The summed E-state index contributed by atoms with van der Waals surface area (Å²) in [5.74, 6) is -1.02. The summed E-state index contributed by atoms with van der Waals surface area (Å²) in [5, 5.41) is 3.13. The Bertz CT molecular complexity index is 965. The number of carbonyl (C=O) groups is 1. The number of amides is 1. The van der Waals surface area contributed by atoms with Crippen molar-refractivity contribution in [3.05, 3.63) is 59.4 Å². The molecule has 27 heavy (non-hydrogen) atoms. The van der Waals surface area contributed by atoms with Crippen LogP contribution in [0.25, 0.3) is 0 Å². The number of piperazine rings is 1. The third-order valence-corrected chi connectivity index (χ3v) is 6.37. The molecule has 1 amide bonds. The topological polar surface area (TPSA) is 102 Å². The van der Waals surface area contributed by atoms with Crippen LogP contribution >= 0.6 is 0 Å². The molecule has 1 fully saturated rings. The molecule has 0 saturated carbocycles. The van der Waals surface area contributed by atoms with E-state index in [9.17, 15) is 17.6 Å². The first-order valence-electron chi connectivity index (χ1n) is 8.30. The summed E-state index contributed by atoms with van der Waals surface area (Å²) in [6, 6.07) is 9.26. The number of hydrogen-bond donors (Lipinski definition) is 2. The molecule has 0 aromatic heterocycles. The van der Waals surface area contributed by atoms with Gasteiger partial charge < -0.3 is 15.8 Å². The van der Waals surface area contributed by atoms with E-state index in [1.54, 1.807) is 12.1 Å². The summed E-state index contributed by atoms with van der Waals surface area (Å²) in [6.45, 7) is 1.02. The average Bonchev–Trinajstić information content (AvgIpc) is 2.67. The number of methoxy groups -OCH3 is 1. The summed E-state index contributed by atoms with van der Waals surface area (Å²) >= 11 is 0. The van der Waals surface area contributed by atoms with Crippen LogP contribution in [0.1, 0.15) is 22.0 Å². The summed E-state index contributed by atoms with van der Waals surface area (Å²) < 4.78 is 46.5. The van der Waals surface area contributed by atoms with E-state index in [2.05, 4.69) is 5.32 Å². The van der Waals surface area contributed by atoms with Crippen molar-refractivity contribution >= 4 is 15.9 Å². The third-order valence-electron chi connectivity index (χ3n) is 4.47. The van der Waals surface area contributed by atoms with Crippen molar-refractivity contribution in [2.45, 2.75) is 10.9 Å². The molecule has 0 bridgehead atoms. The Morgan fingerprint density at radius 3 is 2.74 bits per heavy atom. The van der Waals surface area contributed by atoms with Crippen LogP contribution in [0, 0.1) is 5.82 Å². The molecule has 0 aliphatic carbocycles. The largest absolute Gasteiger partial charge is 0.496 e. The van der Waals surface area contributed by atoms with Gasteiger partial charge in [0, 0.05) is 19.6 Å². The van der Waals surface area contributed by atoms with E-state index in [1.165, 1.54) is 41.7 Å². The maximum Gasteiger partial charge on any atom is 0.252 e. The number of benzene rings is 2. The zero-order valence-electron chi connectivity index (χ0n) is 14.7. The maximum absolute atomic E-state index is 13.6. The van der Waals surface area contributed by atoms with Crippen LogP contribution in [-0.4, -0.2) is 45.4 Å². The SMILES string of the molecule is COc1ccc(S(=O)(=O)N2CCNCC2c2cccc(F)c2)cc1C(N)=O. The molecule has 1 heterocycles. The maximum atomic E-state index is 13.6. The fourth-order valence-corrected chi connectivity index (χ4v) is 4.79. The molecule has 9 heteroatoms. The number of nitrogens with one attached hydrogen (secondary N) is 1. The Balaban J connectivity index is 2.04. The Labute approximate surface area is 157 Å². The highest BCUT2D eigenvalue weighted by molar-refractivity contribution is 7.89. The van der Waals surface area contributed by atoms with E-state index in [1.807, 2.05) is 0 Å². The molecule has 0 radical (unpaired) electrons. The Kier molecular flexibility index (Phi) is 5.45. The normalized spacial score (nSPS) is 18.2. The fraction of sp³-hybridized carbons (Fsp3) is 0.278. The zero-order valence-corrected chi connectivity index (χ0v) is 15.5. The second-order valence-corrected chi connectivity index (χ2v) is 8.01. The van der Waals surface area contributed by atoms with Crippen molar-refractivity contribution in [2.75, 3.05) is 26.7 Å². The second-order valence-electron chi connectivity index (χ2n) is 6.12. The number of sulfonamides is 1. The Morgan fingerprint density at radius 2 is 2.07 bits per heavy atom. The van der Waals surface area contributed by atoms with Gasteiger partial charge in [0.25, 0.3) is 5.91 Å². The van der Waals surface area contributed by atoms with Crippen LogP contribution in [0.15, 0.2) is 47.4 Å². The lowest BCUT2D eigenvalue weighted by Gasteiger charge is -2.35. The van der Waals surface area contributed by atoms with Gasteiger partial charge in [-0.05, 0) is 35.9 Å². The Morgan fingerprint density at radius 1 is 1.30 bits per heavy atom. The van der Waals surface area contributed by atoms with Gasteiger partial charge in [0.2, 0.25) is 10.0 Å². The van der Waals surface area contributed by atoms with Gasteiger partial charge in [0.1, 0.15) is 11.6 Å². The van der Waals surface area contributed by atoms with E-state index in [0.717, 1.165) is 0 Å². The highest BCUT2D eigenvalue weighted by atomic mass is 32.2. The minimum atomic E-state index is -3.95. The lowest BCUT2D eigenvalue weighted by atomic mass is 10.1. The molecule has 1 atom stereocenters. The predicted molar refractivity (Wildman–Crippen MR) is 97.4 cm³/mol. The molecule has 3 rings (SSSR count). The van der Waals surface area contributed by atoms with Gasteiger partial charge in [0.15, 0.2) is 0 Å². The highest BCUT2D eigenvalue weighted by Gasteiger charge is 2.35. The molecule has 0 spiro atoms. The molecular weight excluding hydrogens is 373 g/mol. The monoisotopic (exact) mass is 393 g/mol. The molecule has 2 aromatic rings. The summed E-state index contributed by atoms with van der Waals surface area (Å²) in [5.41, 5.74) is 5.87. The molecule has 1 aliphatic heterocycles. The van der Waals surface area contributed by atoms with Crippen LogP contribution in [0.3, 0.4) is 0 Å². The molecule has 7 nitrogen and oxygen atoms in total. The van der Waals surface area contributed by atoms with E-state index in [0.29, 0.717) is 18.7 Å². The van der Waals surface area contributed by atoms with Crippen LogP contribution in [-0.2, 0) is 10.0 Å². The number of rotatable bonds is 5. The molecule has 144 valence electrons. The first-order valence-corrected chi connectivity index (χ1v) is 9.74. The molecule has 3 N–H and O–H groups in total. The van der Waals surface area contributed by atoms with Crippen molar-refractivity contribution in [3.63, 3.8) is 0 Å². The van der Waals surface area contributed by atoms with Gasteiger partial charge in [0.05, 0.1) is 23.6 Å². The van der Waals surface area contributed by atoms with Crippen LogP contribution in [0.4, 0.5) is 4.39 Å². The van der Waals surface area contributed by atoms with Crippen LogP contribution in [0.5, 0.6) is 5.75 Å². The van der Waals surface area contributed by atoms with Gasteiger partial charge in [-0.1, -0.05) is 12.1 Å². The van der Waals surface area contributed by atoms with Crippen molar-refractivity contribution in [2.24, 2.45) is 5.73 Å². The van der Waals surface area contributed by atoms with Crippen molar-refractivity contribution in [1.29, 1.82) is 0 Å². The quantitative estimate of drug-likeness (QED) is 0.797. The molecule has 1 saturated heterocycles. The number of hydrogen-bond acceptors (Lipinski definition) is 5. The number of nitrogens with two attached hydrogens (primary N) is 1. The fourth-order valence-electron chi connectivity index (χ4n) is 3.15. The Hall–Kier alpha value is -2.49. The molecular formula is C18H20FN3O4S. The first-order chi connectivity index (χ1) is 12.8. The average molecular weight is 393 g/mol. The van der Waals surface area contributed by atoms with Gasteiger partial charge in [-0.25, -0.2) is 12.8 Å². The number of ether oxygens (including phenoxy) is 1.